The zero-order valence-corrected chi connectivity index (χ0v) is 29.2. The third-order valence-electron chi connectivity index (χ3n) is 10.7. The van der Waals surface area contributed by atoms with Gasteiger partial charge in [0.25, 0.3) is 5.91 Å². The molecule has 0 saturated heterocycles. The van der Waals surface area contributed by atoms with Crippen molar-refractivity contribution in [1.29, 1.82) is 0 Å². The second kappa shape index (κ2) is 14.9. The van der Waals surface area contributed by atoms with Gasteiger partial charge >= 0.3 is 0 Å². The fourth-order valence-electron chi connectivity index (χ4n) is 7.81. The fourth-order valence-corrected chi connectivity index (χ4v) is 7.81. The number of nitrogens with zero attached hydrogens (tertiary/aromatic N) is 3. The lowest BCUT2D eigenvalue weighted by Gasteiger charge is -2.37. The molecule has 0 saturated carbocycles. The first kappa shape index (κ1) is 33.7. The van der Waals surface area contributed by atoms with E-state index in [1.807, 2.05) is 52.3 Å². The lowest BCUT2D eigenvalue weighted by molar-refractivity contribution is -0.131. The van der Waals surface area contributed by atoms with Crippen molar-refractivity contribution < 1.29 is 14.7 Å². The number of unbranched alkanes of at least 4 members (excludes halogenated alkanes) is 2. The summed E-state index contributed by atoms with van der Waals surface area (Å²) in [4.78, 5) is 32.2. The predicted octanol–water partition coefficient (Wildman–Crippen LogP) is 7.37. The average molecular weight is 646 g/mol. The van der Waals surface area contributed by atoms with Gasteiger partial charge in [-0.1, -0.05) is 81.3 Å². The first-order chi connectivity index (χ1) is 23.3. The highest BCUT2D eigenvalue weighted by Crippen LogP contribution is 2.39. The van der Waals surface area contributed by atoms with Crippen LogP contribution in [-0.4, -0.2) is 50.5 Å². The summed E-state index contributed by atoms with van der Waals surface area (Å²) in [5.74, 6) is 0.0572. The van der Waals surface area contributed by atoms with Crippen LogP contribution in [-0.2, 0) is 57.0 Å². The van der Waals surface area contributed by atoms with Crippen LogP contribution in [0, 0.1) is 6.92 Å². The Balaban J connectivity index is 1.46. The van der Waals surface area contributed by atoms with Crippen LogP contribution >= 0.6 is 0 Å². The van der Waals surface area contributed by atoms with E-state index in [1.165, 1.54) is 27.9 Å². The molecule has 0 radical (unpaired) electrons. The van der Waals surface area contributed by atoms with Gasteiger partial charge in [-0.2, -0.15) is 0 Å². The van der Waals surface area contributed by atoms with Crippen LogP contribution in [0.15, 0.2) is 66.7 Å². The molecule has 1 aromatic heterocycles. The molecule has 4 aromatic rings. The van der Waals surface area contributed by atoms with Gasteiger partial charge in [-0.25, -0.2) is 0 Å². The van der Waals surface area contributed by atoms with E-state index in [-0.39, 0.29) is 24.5 Å². The number of amides is 2. The molecule has 0 fully saturated rings. The molecule has 1 atom stereocenters. The third kappa shape index (κ3) is 6.73. The third-order valence-corrected chi connectivity index (χ3v) is 10.7. The number of hydrogen-bond acceptors (Lipinski definition) is 3. The standard InChI is InChI=1S/C42H51N3O3/c1-5-7-18-36-29(3)43(4)41(37(36)19-8-6-2)38-24-32-20-21-44(40(47)22-30-14-10-9-11-15-30)26-34(32)25-39(38)42(48)45-27-33-17-13-12-16-31(33)23-35(45)28-46/h9-17,24-25,35,46H,5-8,18-23,26-28H2,1-4H3/t35-/m0/s1. The quantitative estimate of drug-likeness (QED) is 0.185. The number of carbonyl (C=O) groups is 2. The molecule has 6 nitrogen and oxygen atoms in total. The fraction of sp³-hybridized carbons (Fsp3) is 0.429. The predicted molar refractivity (Wildman–Crippen MR) is 193 cm³/mol. The van der Waals surface area contributed by atoms with Gasteiger partial charge in [0.15, 0.2) is 0 Å². The molecule has 0 unspecified atom stereocenters. The number of aliphatic hydroxyl groups excluding tert-OH is 1. The van der Waals surface area contributed by atoms with Crippen LogP contribution in [0.2, 0.25) is 0 Å². The van der Waals surface area contributed by atoms with Crippen LogP contribution in [0.25, 0.3) is 11.3 Å². The molecular weight excluding hydrogens is 594 g/mol. The summed E-state index contributed by atoms with van der Waals surface area (Å²) in [6.07, 6.45) is 8.25. The van der Waals surface area contributed by atoms with Crippen molar-refractivity contribution in [3.63, 3.8) is 0 Å². The summed E-state index contributed by atoms with van der Waals surface area (Å²) in [7, 11) is 2.15. The van der Waals surface area contributed by atoms with Crippen LogP contribution in [0.4, 0.5) is 0 Å². The SMILES string of the molecule is CCCCc1c(CCCC)c(-c2cc3c(cc2C(=O)N2Cc4ccccc4C[C@H]2CO)CN(C(=O)Cc2ccccc2)CC3)n(C)c1C. The van der Waals surface area contributed by atoms with E-state index in [0.717, 1.165) is 72.9 Å². The molecule has 2 amide bonds. The summed E-state index contributed by atoms with van der Waals surface area (Å²) in [6.45, 7) is 8.24. The highest BCUT2D eigenvalue weighted by Gasteiger charge is 2.34. The lowest BCUT2D eigenvalue weighted by atomic mass is 9.87. The largest absolute Gasteiger partial charge is 0.394 e. The van der Waals surface area contributed by atoms with Crippen LogP contribution in [0.5, 0.6) is 0 Å². The van der Waals surface area contributed by atoms with Crippen molar-refractivity contribution in [2.45, 2.75) is 97.7 Å². The van der Waals surface area contributed by atoms with Crippen molar-refractivity contribution in [3.8, 4) is 11.3 Å². The minimum atomic E-state index is -0.296. The zero-order valence-electron chi connectivity index (χ0n) is 29.2. The Kier molecular flexibility index (Phi) is 10.5. The highest BCUT2D eigenvalue weighted by atomic mass is 16.3. The molecule has 0 bridgehead atoms. The van der Waals surface area contributed by atoms with E-state index in [4.69, 9.17) is 0 Å². The van der Waals surface area contributed by atoms with Gasteiger partial charge in [0, 0.05) is 43.5 Å². The Labute approximate surface area is 286 Å². The van der Waals surface area contributed by atoms with Gasteiger partial charge in [-0.15, -0.1) is 0 Å². The van der Waals surface area contributed by atoms with Crippen molar-refractivity contribution in [1.82, 2.24) is 14.4 Å². The van der Waals surface area contributed by atoms with Gasteiger partial charge < -0.3 is 19.5 Å². The average Bonchev–Trinajstić information content (AvgIpc) is 3.35. The summed E-state index contributed by atoms with van der Waals surface area (Å²) in [5, 5.41) is 10.5. The van der Waals surface area contributed by atoms with E-state index < -0.39 is 0 Å². The summed E-state index contributed by atoms with van der Waals surface area (Å²) < 4.78 is 2.32. The monoisotopic (exact) mass is 645 g/mol. The Hall–Kier alpha value is -4.16. The maximum atomic E-state index is 14.9. The molecule has 3 heterocycles. The molecule has 2 aliphatic rings. The van der Waals surface area contributed by atoms with Gasteiger partial charge in [0.2, 0.25) is 5.91 Å². The summed E-state index contributed by atoms with van der Waals surface area (Å²) in [6, 6.07) is 22.2. The Bertz CT molecular complexity index is 1770. The number of benzene rings is 3. The Morgan fingerprint density at radius 2 is 1.52 bits per heavy atom. The van der Waals surface area contributed by atoms with E-state index in [2.05, 4.69) is 56.7 Å². The Morgan fingerprint density at radius 1 is 0.833 bits per heavy atom. The molecule has 6 rings (SSSR count). The van der Waals surface area contributed by atoms with Crippen molar-refractivity contribution >= 4 is 11.8 Å². The van der Waals surface area contributed by atoms with Crippen molar-refractivity contribution in [3.05, 3.63) is 117 Å². The lowest BCUT2D eigenvalue weighted by Crippen LogP contribution is -2.46. The minimum absolute atomic E-state index is 0.0514. The van der Waals surface area contributed by atoms with Crippen LogP contribution in [0.1, 0.15) is 94.5 Å². The maximum Gasteiger partial charge on any atom is 0.255 e. The molecule has 3 aromatic carbocycles. The van der Waals surface area contributed by atoms with E-state index in [1.54, 1.807) is 0 Å². The second-order valence-electron chi connectivity index (χ2n) is 13.8. The molecule has 1 N–H and O–H groups in total. The van der Waals surface area contributed by atoms with E-state index >= 15 is 0 Å². The molecule has 252 valence electrons. The second-order valence-corrected chi connectivity index (χ2v) is 13.8. The van der Waals surface area contributed by atoms with Crippen molar-refractivity contribution in [2.75, 3.05) is 13.2 Å². The number of hydrogen-bond donors (Lipinski definition) is 1. The van der Waals surface area contributed by atoms with Crippen LogP contribution < -0.4 is 0 Å². The first-order valence-electron chi connectivity index (χ1n) is 18.0. The molecule has 6 heteroatoms. The number of carbonyl (C=O) groups excluding carboxylic acids is 2. The van der Waals surface area contributed by atoms with Crippen molar-refractivity contribution in [2.24, 2.45) is 7.05 Å². The first-order valence-corrected chi connectivity index (χ1v) is 18.0. The van der Waals surface area contributed by atoms with Gasteiger partial charge in [-0.3, -0.25) is 9.59 Å². The number of aliphatic hydroxyl groups is 1. The zero-order chi connectivity index (χ0) is 33.8. The summed E-state index contributed by atoms with van der Waals surface area (Å²) in [5.41, 5.74) is 12.5. The number of aromatic nitrogens is 1. The van der Waals surface area contributed by atoms with Gasteiger partial charge in [0.05, 0.1) is 24.8 Å². The normalized spacial score (nSPS) is 15.7. The topological polar surface area (TPSA) is 65.8 Å². The number of fused-ring (bicyclic) bond motifs is 2. The molecule has 0 aliphatic carbocycles. The molecular formula is C42H51N3O3. The van der Waals surface area contributed by atoms with E-state index in [9.17, 15) is 14.7 Å². The Morgan fingerprint density at radius 3 is 2.23 bits per heavy atom. The molecule has 48 heavy (non-hydrogen) atoms. The van der Waals surface area contributed by atoms with Crippen LogP contribution in [0.3, 0.4) is 0 Å². The molecule has 0 spiro atoms. The maximum absolute atomic E-state index is 14.9. The highest BCUT2D eigenvalue weighted by molar-refractivity contribution is 6.02. The van der Waals surface area contributed by atoms with E-state index in [0.29, 0.717) is 38.0 Å². The summed E-state index contributed by atoms with van der Waals surface area (Å²) >= 11 is 0. The van der Waals surface area contributed by atoms with Gasteiger partial charge in [-0.05, 0) is 96.5 Å². The molecule has 2 aliphatic heterocycles. The number of rotatable bonds is 11. The smallest absolute Gasteiger partial charge is 0.255 e. The minimum Gasteiger partial charge on any atom is -0.394 e. The van der Waals surface area contributed by atoms with Gasteiger partial charge in [0.1, 0.15) is 0 Å².